The number of amides is 1. The van der Waals surface area contributed by atoms with E-state index in [0.29, 0.717) is 60.5 Å². The van der Waals surface area contributed by atoms with Gasteiger partial charge in [-0.05, 0) is 36.4 Å². The zero-order chi connectivity index (χ0) is 19.7. The van der Waals surface area contributed by atoms with E-state index in [1.54, 1.807) is 54.5 Å². The number of Topliss-reactive ketones (excluding diaryl/α,β-unsaturated/α-hetero) is 1. The molecule has 1 saturated heterocycles. The molecular weight excluding hydrogens is 356 g/mol. The third-order valence-corrected chi connectivity index (χ3v) is 5.50. The van der Waals surface area contributed by atoms with E-state index in [2.05, 4.69) is 6.07 Å². The Bertz CT molecular complexity index is 984. The number of hydrogen-bond donors (Lipinski definition) is 0. The maximum Gasteiger partial charge on any atom is 0.253 e. The topological polar surface area (TPSA) is 79.6 Å². The van der Waals surface area contributed by atoms with Crippen LogP contribution in [0.1, 0.15) is 45.5 Å². The Morgan fingerprint density at radius 2 is 2.00 bits per heavy atom. The van der Waals surface area contributed by atoms with Crippen molar-refractivity contribution < 1.29 is 19.1 Å². The first-order valence-electron chi connectivity index (χ1n) is 9.23. The summed E-state index contributed by atoms with van der Waals surface area (Å²) in [6, 6.07) is 14.0. The molecule has 0 aromatic heterocycles. The van der Waals surface area contributed by atoms with Crippen molar-refractivity contribution in [3.05, 3.63) is 59.2 Å². The SMILES string of the molecule is COc1ccc2c(c1)C(=O)CC1(CCN(C(=O)c3cccc(C#N)c3)CC1)O2. The molecule has 0 saturated carbocycles. The first kappa shape index (κ1) is 18.1. The van der Waals surface area contributed by atoms with E-state index in [1.807, 2.05) is 0 Å². The summed E-state index contributed by atoms with van der Waals surface area (Å²) >= 11 is 0. The van der Waals surface area contributed by atoms with Gasteiger partial charge in [-0.3, -0.25) is 9.59 Å². The van der Waals surface area contributed by atoms with Crippen molar-refractivity contribution in [3.8, 4) is 17.6 Å². The van der Waals surface area contributed by atoms with Crippen molar-refractivity contribution in [2.75, 3.05) is 20.2 Å². The zero-order valence-electron chi connectivity index (χ0n) is 15.6. The number of methoxy groups -OCH3 is 1. The van der Waals surface area contributed by atoms with Crippen LogP contribution in [0.25, 0.3) is 0 Å². The van der Waals surface area contributed by atoms with E-state index in [1.165, 1.54) is 0 Å². The van der Waals surface area contributed by atoms with Gasteiger partial charge in [0, 0.05) is 31.5 Å². The van der Waals surface area contributed by atoms with Gasteiger partial charge in [0.25, 0.3) is 5.91 Å². The van der Waals surface area contributed by atoms with Gasteiger partial charge in [-0.25, -0.2) is 0 Å². The van der Waals surface area contributed by atoms with Gasteiger partial charge in [0.1, 0.15) is 17.1 Å². The van der Waals surface area contributed by atoms with Crippen molar-refractivity contribution in [2.45, 2.75) is 24.9 Å². The molecule has 142 valence electrons. The Morgan fingerprint density at radius 1 is 1.21 bits per heavy atom. The molecule has 2 aliphatic heterocycles. The first-order valence-corrected chi connectivity index (χ1v) is 9.23. The van der Waals surface area contributed by atoms with Crippen LogP contribution in [-0.2, 0) is 0 Å². The van der Waals surface area contributed by atoms with E-state index in [4.69, 9.17) is 14.7 Å². The van der Waals surface area contributed by atoms with Gasteiger partial charge in [0.15, 0.2) is 5.78 Å². The largest absolute Gasteiger partial charge is 0.497 e. The van der Waals surface area contributed by atoms with Gasteiger partial charge < -0.3 is 14.4 Å². The predicted molar refractivity (Wildman–Crippen MR) is 102 cm³/mol. The molecule has 2 heterocycles. The smallest absolute Gasteiger partial charge is 0.253 e. The van der Waals surface area contributed by atoms with Crippen molar-refractivity contribution in [2.24, 2.45) is 0 Å². The fourth-order valence-electron chi connectivity index (χ4n) is 3.90. The average Bonchev–Trinajstić information content (AvgIpc) is 2.73. The van der Waals surface area contributed by atoms with Crippen LogP contribution in [0.5, 0.6) is 11.5 Å². The number of ether oxygens (including phenoxy) is 2. The first-order chi connectivity index (χ1) is 13.5. The van der Waals surface area contributed by atoms with Gasteiger partial charge in [0.05, 0.1) is 30.7 Å². The fourth-order valence-corrected chi connectivity index (χ4v) is 3.90. The molecule has 0 aliphatic carbocycles. The fraction of sp³-hybridized carbons (Fsp3) is 0.318. The summed E-state index contributed by atoms with van der Waals surface area (Å²) in [7, 11) is 1.57. The van der Waals surface area contributed by atoms with Crippen LogP contribution in [0.4, 0.5) is 0 Å². The van der Waals surface area contributed by atoms with Crippen LogP contribution < -0.4 is 9.47 Å². The number of hydrogen-bond acceptors (Lipinski definition) is 5. The van der Waals surface area contributed by atoms with Gasteiger partial charge in [-0.1, -0.05) is 6.07 Å². The third kappa shape index (κ3) is 3.20. The molecule has 28 heavy (non-hydrogen) atoms. The van der Waals surface area contributed by atoms with Gasteiger partial charge >= 0.3 is 0 Å². The second kappa shape index (κ2) is 7.01. The quantitative estimate of drug-likeness (QED) is 0.804. The summed E-state index contributed by atoms with van der Waals surface area (Å²) in [5.74, 6) is 1.16. The summed E-state index contributed by atoms with van der Waals surface area (Å²) < 4.78 is 11.4. The number of nitriles is 1. The molecule has 4 rings (SSSR count). The summed E-state index contributed by atoms with van der Waals surface area (Å²) in [6.07, 6.45) is 1.49. The maximum absolute atomic E-state index is 12.8. The number of carbonyl (C=O) groups excluding carboxylic acids is 2. The lowest BCUT2D eigenvalue weighted by atomic mass is 9.82. The number of likely N-dealkylation sites (tertiary alicyclic amines) is 1. The molecule has 1 spiro atoms. The monoisotopic (exact) mass is 376 g/mol. The molecule has 0 unspecified atom stereocenters. The Labute approximate surface area is 163 Å². The number of benzene rings is 2. The zero-order valence-corrected chi connectivity index (χ0v) is 15.6. The van der Waals surface area contributed by atoms with E-state index < -0.39 is 5.60 Å². The van der Waals surface area contributed by atoms with Gasteiger partial charge in [-0.2, -0.15) is 5.26 Å². The minimum atomic E-state index is -0.566. The second-order valence-corrected chi connectivity index (χ2v) is 7.23. The average molecular weight is 376 g/mol. The molecule has 2 aromatic carbocycles. The second-order valence-electron chi connectivity index (χ2n) is 7.23. The maximum atomic E-state index is 12.8. The van der Waals surface area contributed by atoms with Gasteiger partial charge in [-0.15, -0.1) is 0 Å². The van der Waals surface area contributed by atoms with Crippen LogP contribution in [0, 0.1) is 11.3 Å². The van der Waals surface area contributed by atoms with Crippen LogP contribution in [0.3, 0.4) is 0 Å². The van der Waals surface area contributed by atoms with Crippen LogP contribution >= 0.6 is 0 Å². The predicted octanol–water partition coefficient (Wildman–Crippen LogP) is 3.21. The number of piperidine rings is 1. The van der Waals surface area contributed by atoms with E-state index >= 15 is 0 Å². The molecular formula is C22H20N2O4. The molecule has 0 atom stereocenters. The highest BCUT2D eigenvalue weighted by Crippen LogP contribution is 2.40. The standard InChI is InChI=1S/C22H20N2O4/c1-27-17-5-6-20-18(12-17)19(25)13-22(28-20)7-9-24(10-8-22)21(26)16-4-2-3-15(11-16)14-23/h2-6,11-12H,7-10,13H2,1H3. The Kier molecular flexibility index (Phi) is 4.52. The Hall–Kier alpha value is -3.33. The molecule has 0 bridgehead atoms. The molecule has 6 nitrogen and oxygen atoms in total. The lowest BCUT2D eigenvalue weighted by Gasteiger charge is -2.44. The molecule has 0 radical (unpaired) electrons. The van der Waals surface area contributed by atoms with Crippen molar-refractivity contribution in [3.63, 3.8) is 0 Å². The highest BCUT2D eigenvalue weighted by molar-refractivity contribution is 6.01. The molecule has 2 aliphatic rings. The number of nitrogens with zero attached hydrogens (tertiary/aromatic N) is 2. The highest BCUT2D eigenvalue weighted by Gasteiger charge is 2.43. The van der Waals surface area contributed by atoms with E-state index in [0.717, 1.165) is 0 Å². The van der Waals surface area contributed by atoms with Crippen molar-refractivity contribution in [1.82, 2.24) is 4.90 Å². The van der Waals surface area contributed by atoms with E-state index in [9.17, 15) is 9.59 Å². The highest BCUT2D eigenvalue weighted by atomic mass is 16.5. The summed E-state index contributed by atoms with van der Waals surface area (Å²) in [5, 5.41) is 9.03. The third-order valence-electron chi connectivity index (χ3n) is 5.50. The molecule has 2 aromatic rings. The Balaban J connectivity index is 1.48. The number of ketones is 1. The summed E-state index contributed by atoms with van der Waals surface area (Å²) in [6.45, 7) is 1.02. The Morgan fingerprint density at radius 3 is 2.71 bits per heavy atom. The lowest BCUT2D eigenvalue weighted by Crippen LogP contribution is -2.52. The number of rotatable bonds is 2. The summed E-state index contributed by atoms with van der Waals surface area (Å²) in [5.41, 5.74) is 0.960. The minimum Gasteiger partial charge on any atom is -0.497 e. The van der Waals surface area contributed by atoms with Gasteiger partial charge in [0.2, 0.25) is 0 Å². The minimum absolute atomic E-state index is 0.0432. The van der Waals surface area contributed by atoms with Crippen LogP contribution in [0.15, 0.2) is 42.5 Å². The molecule has 1 amide bonds. The van der Waals surface area contributed by atoms with E-state index in [-0.39, 0.29) is 11.7 Å². The summed E-state index contributed by atoms with van der Waals surface area (Å²) in [4.78, 5) is 27.2. The molecule has 1 fully saturated rings. The molecule has 0 N–H and O–H groups in total. The normalized spacial score (nSPS) is 17.4. The lowest BCUT2D eigenvalue weighted by molar-refractivity contribution is -0.00576. The van der Waals surface area contributed by atoms with Crippen molar-refractivity contribution in [1.29, 1.82) is 5.26 Å². The molecule has 6 heteroatoms. The number of carbonyl (C=O) groups is 2. The van der Waals surface area contributed by atoms with Crippen molar-refractivity contribution >= 4 is 11.7 Å². The van der Waals surface area contributed by atoms with Crippen LogP contribution in [-0.4, -0.2) is 42.4 Å². The van der Waals surface area contributed by atoms with Crippen LogP contribution in [0.2, 0.25) is 0 Å². The number of fused-ring (bicyclic) bond motifs is 1.